The number of rotatable bonds is 9. The fourth-order valence-electron chi connectivity index (χ4n) is 2.93. The average molecular weight is 617 g/mol. The highest BCUT2D eigenvalue weighted by Crippen LogP contribution is 2.38. The number of anilines is 1. The first kappa shape index (κ1) is 26.5. The normalized spacial score (nSPS) is 11.5. The number of alkyl halides is 3. The van der Waals surface area contributed by atoms with Gasteiger partial charge in [0.05, 0.1) is 27.8 Å². The van der Waals surface area contributed by atoms with Crippen molar-refractivity contribution >= 4 is 49.4 Å². The first-order valence-electron chi connectivity index (χ1n) is 10.1. The van der Waals surface area contributed by atoms with E-state index in [-0.39, 0.29) is 5.69 Å². The molecule has 1 N–H and O–H groups in total. The van der Waals surface area contributed by atoms with E-state index in [1.807, 2.05) is 31.2 Å². The predicted octanol–water partition coefficient (Wildman–Crippen LogP) is 7.56. The van der Waals surface area contributed by atoms with Crippen molar-refractivity contribution in [3.63, 3.8) is 0 Å². The molecule has 0 spiro atoms. The lowest BCUT2D eigenvalue weighted by Gasteiger charge is -2.15. The van der Waals surface area contributed by atoms with Crippen molar-refractivity contribution < 1.29 is 27.6 Å². The van der Waals surface area contributed by atoms with Gasteiger partial charge in [0, 0.05) is 10.5 Å². The minimum Gasteiger partial charge on any atom is -0.490 e. The Kier molecular flexibility index (Phi) is 8.73. The molecular formula is C23H18Br2F3N3O4. The molecule has 0 radical (unpaired) electrons. The Bertz CT molecular complexity index is 1240. The van der Waals surface area contributed by atoms with Crippen molar-refractivity contribution in [2.75, 3.05) is 12.0 Å². The fraction of sp³-hybridized carbons (Fsp3) is 0.174. The Morgan fingerprint density at radius 1 is 1.09 bits per heavy atom. The van der Waals surface area contributed by atoms with Crippen LogP contribution >= 0.6 is 31.9 Å². The molecule has 12 heteroatoms. The monoisotopic (exact) mass is 615 g/mol. The second-order valence-electron chi connectivity index (χ2n) is 7.03. The quantitative estimate of drug-likeness (QED) is 0.152. The van der Waals surface area contributed by atoms with Gasteiger partial charge in [0.25, 0.3) is 5.69 Å². The van der Waals surface area contributed by atoms with Gasteiger partial charge in [-0.25, -0.2) is 0 Å². The largest absolute Gasteiger partial charge is 0.490 e. The van der Waals surface area contributed by atoms with Crippen LogP contribution in [-0.4, -0.2) is 17.7 Å². The Labute approximate surface area is 215 Å². The average Bonchev–Trinajstić information content (AvgIpc) is 2.79. The molecule has 3 rings (SSSR count). The van der Waals surface area contributed by atoms with Crippen LogP contribution in [0.15, 0.2) is 68.6 Å². The minimum absolute atomic E-state index is 0.183. The lowest BCUT2D eigenvalue weighted by Crippen LogP contribution is -2.06. The first-order chi connectivity index (χ1) is 16.6. The third-order valence-corrected chi connectivity index (χ3v) is 5.67. The van der Waals surface area contributed by atoms with Crippen LogP contribution in [0.1, 0.15) is 23.6 Å². The summed E-state index contributed by atoms with van der Waals surface area (Å²) in [5, 5.41) is 15.2. The molecule has 3 aromatic carbocycles. The number of hydrazone groups is 1. The van der Waals surface area contributed by atoms with E-state index >= 15 is 0 Å². The first-order valence-corrected chi connectivity index (χ1v) is 11.7. The summed E-state index contributed by atoms with van der Waals surface area (Å²) in [5.74, 6) is 0.930. The van der Waals surface area contributed by atoms with Crippen molar-refractivity contribution in [3.05, 3.63) is 90.3 Å². The summed E-state index contributed by atoms with van der Waals surface area (Å²) in [7, 11) is 0. The summed E-state index contributed by atoms with van der Waals surface area (Å²) in [6, 6.07) is 13.2. The summed E-state index contributed by atoms with van der Waals surface area (Å²) in [5.41, 5.74) is 1.89. The molecule has 0 amide bonds. The molecule has 0 saturated heterocycles. The van der Waals surface area contributed by atoms with Crippen molar-refractivity contribution in [1.29, 1.82) is 0 Å². The highest BCUT2D eigenvalue weighted by atomic mass is 79.9. The van der Waals surface area contributed by atoms with Gasteiger partial charge in [0.2, 0.25) is 0 Å². The predicted molar refractivity (Wildman–Crippen MR) is 133 cm³/mol. The number of benzene rings is 3. The molecule has 0 aliphatic carbocycles. The van der Waals surface area contributed by atoms with Crippen LogP contribution in [0.25, 0.3) is 0 Å². The van der Waals surface area contributed by atoms with Gasteiger partial charge in [-0.05, 0) is 70.4 Å². The fourth-order valence-corrected chi connectivity index (χ4v) is 3.77. The molecule has 0 atom stereocenters. The van der Waals surface area contributed by atoms with Gasteiger partial charge < -0.3 is 9.47 Å². The Morgan fingerprint density at radius 3 is 2.43 bits per heavy atom. The SMILES string of the molecule is CCOc1cc(/C=N\Nc2ccc(C(F)(F)F)cc2[N+](=O)[O-])cc(Br)c1OCc1ccc(Br)cc1. The van der Waals surface area contributed by atoms with Gasteiger partial charge >= 0.3 is 6.18 Å². The van der Waals surface area contributed by atoms with E-state index in [9.17, 15) is 23.3 Å². The standard InChI is InChI=1S/C23H18Br2F3N3O4/c1-2-34-21-10-15(9-18(25)22(21)35-13-14-3-6-17(24)7-4-14)12-29-30-19-8-5-16(23(26,27)28)11-20(19)31(32)33/h3-12,30H,2,13H2,1H3/b29-12-. The van der Waals surface area contributed by atoms with Crippen LogP contribution in [-0.2, 0) is 12.8 Å². The molecule has 0 bridgehead atoms. The van der Waals surface area contributed by atoms with Crippen molar-refractivity contribution in [3.8, 4) is 11.5 Å². The summed E-state index contributed by atoms with van der Waals surface area (Å²) in [4.78, 5) is 10.3. The molecule has 0 fully saturated rings. The summed E-state index contributed by atoms with van der Waals surface area (Å²) < 4.78 is 51.8. The van der Waals surface area contributed by atoms with E-state index in [4.69, 9.17) is 9.47 Å². The van der Waals surface area contributed by atoms with Crippen molar-refractivity contribution in [1.82, 2.24) is 0 Å². The Balaban J connectivity index is 1.79. The van der Waals surface area contributed by atoms with Crippen LogP contribution in [0.4, 0.5) is 24.5 Å². The van der Waals surface area contributed by atoms with Crippen LogP contribution < -0.4 is 14.9 Å². The summed E-state index contributed by atoms with van der Waals surface area (Å²) >= 11 is 6.84. The van der Waals surface area contributed by atoms with Gasteiger partial charge in [-0.2, -0.15) is 18.3 Å². The zero-order chi connectivity index (χ0) is 25.6. The highest BCUT2D eigenvalue weighted by molar-refractivity contribution is 9.10. The number of halogens is 5. The van der Waals surface area contributed by atoms with Crippen LogP contribution in [0.5, 0.6) is 11.5 Å². The number of hydrogen-bond acceptors (Lipinski definition) is 6. The van der Waals surface area contributed by atoms with E-state index in [2.05, 4.69) is 42.4 Å². The maximum Gasteiger partial charge on any atom is 0.416 e. The van der Waals surface area contributed by atoms with E-state index < -0.39 is 22.4 Å². The van der Waals surface area contributed by atoms with Crippen LogP contribution in [0.3, 0.4) is 0 Å². The molecule has 184 valence electrons. The molecule has 0 aromatic heterocycles. The second-order valence-corrected chi connectivity index (χ2v) is 8.80. The molecule has 0 heterocycles. The van der Waals surface area contributed by atoms with E-state index in [1.165, 1.54) is 6.21 Å². The third-order valence-electron chi connectivity index (χ3n) is 4.55. The van der Waals surface area contributed by atoms with Crippen molar-refractivity contribution in [2.24, 2.45) is 5.10 Å². The van der Waals surface area contributed by atoms with E-state index in [0.717, 1.165) is 22.2 Å². The molecule has 0 aliphatic heterocycles. The molecule has 0 saturated carbocycles. The maximum atomic E-state index is 12.9. The van der Waals surface area contributed by atoms with Crippen LogP contribution in [0, 0.1) is 10.1 Å². The van der Waals surface area contributed by atoms with Gasteiger partial charge in [0.15, 0.2) is 11.5 Å². The maximum absolute atomic E-state index is 12.9. The lowest BCUT2D eigenvalue weighted by atomic mass is 10.1. The zero-order valence-electron chi connectivity index (χ0n) is 18.1. The Morgan fingerprint density at radius 2 is 1.80 bits per heavy atom. The molecule has 35 heavy (non-hydrogen) atoms. The van der Waals surface area contributed by atoms with E-state index in [1.54, 1.807) is 12.1 Å². The van der Waals surface area contributed by atoms with Gasteiger partial charge in [0.1, 0.15) is 12.3 Å². The third kappa shape index (κ3) is 7.18. The number of nitrogens with zero attached hydrogens (tertiary/aromatic N) is 2. The van der Waals surface area contributed by atoms with Gasteiger partial charge in [-0.15, -0.1) is 0 Å². The number of ether oxygens (including phenoxy) is 2. The lowest BCUT2D eigenvalue weighted by molar-refractivity contribution is -0.384. The molecule has 3 aromatic rings. The highest BCUT2D eigenvalue weighted by Gasteiger charge is 2.33. The number of nitro benzene ring substituents is 1. The number of hydrogen-bond donors (Lipinski definition) is 1. The summed E-state index contributed by atoms with van der Waals surface area (Å²) in [6.45, 7) is 2.49. The minimum atomic E-state index is -4.70. The number of nitrogens with one attached hydrogen (secondary N) is 1. The molecule has 0 aliphatic rings. The smallest absolute Gasteiger partial charge is 0.416 e. The van der Waals surface area contributed by atoms with Crippen molar-refractivity contribution in [2.45, 2.75) is 19.7 Å². The van der Waals surface area contributed by atoms with Gasteiger partial charge in [-0.1, -0.05) is 28.1 Å². The molecule has 0 unspecified atom stereocenters. The zero-order valence-corrected chi connectivity index (χ0v) is 21.3. The topological polar surface area (TPSA) is 86.0 Å². The Hall–Kier alpha value is -3.12. The van der Waals surface area contributed by atoms with Gasteiger partial charge in [-0.3, -0.25) is 15.5 Å². The molecular weight excluding hydrogens is 599 g/mol. The molecule has 7 nitrogen and oxygen atoms in total. The second kappa shape index (κ2) is 11.5. The number of nitro groups is 1. The summed E-state index contributed by atoms with van der Waals surface area (Å²) in [6.07, 6.45) is -3.34. The van der Waals surface area contributed by atoms with Crippen LogP contribution in [0.2, 0.25) is 0 Å². The van der Waals surface area contributed by atoms with E-state index in [0.29, 0.717) is 40.8 Å².